The Bertz CT molecular complexity index is 1080. The molecule has 7 heteroatoms. The van der Waals surface area contributed by atoms with Crippen molar-refractivity contribution in [1.82, 2.24) is 10.2 Å². The molecular weight excluding hydrogens is 414 g/mol. The summed E-state index contributed by atoms with van der Waals surface area (Å²) in [5, 5.41) is 5.92. The zero-order valence-electron chi connectivity index (χ0n) is 17.2. The van der Waals surface area contributed by atoms with Crippen molar-refractivity contribution >= 4 is 29.1 Å². The van der Waals surface area contributed by atoms with Gasteiger partial charge in [0.25, 0.3) is 0 Å². The molecule has 0 spiro atoms. The lowest BCUT2D eigenvalue weighted by Crippen LogP contribution is -2.43. The van der Waals surface area contributed by atoms with Gasteiger partial charge >= 0.3 is 11.8 Å². The smallest absolute Gasteiger partial charge is 0.313 e. The monoisotopic (exact) mass is 437 g/mol. The molecule has 1 aromatic heterocycles. The van der Waals surface area contributed by atoms with Gasteiger partial charge in [0.2, 0.25) is 0 Å². The molecule has 160 valence electrons. The molecule has 2 amide bonds. The summed E-state index contributed by atoms with van der Waals surface area (Å²) in [5.41, 5.74) is 3.84. The van der Waals surface area contributed by atoms with E-state index in [4.69, 9.17) is 16.0 Å². The summed E-state index contributed by atoms with van der Waals surface area (Å²) in [6.45, 7) is 3.64. The molecule has 0 fully saturated rings. The van der Waals surface area contributed by atoms with Crippen molar-refractivity contribution in [3.05, 3.63) is 88.3 Å². The van der Waals surface area contributed by atoms with Gasteiger partial charge < -0.3 is 15.1 Å². The molecule has 0 aliphatic carbocycles. The van der Waals surface area contributed by atoms with Gasteiger partial charge in [0.1, 0.15) is 5.76 Å². The SMILES string of the molecule is Cc1c(Cl)cccc1NC(=O)C(=O)NC[C@@H](c1ccco1)N1CCc2ccccc2C1. The minimum atomic E-state index is -0.729. The fourth-order valence-electron chi connectivity index (χ4n) is 3.87. The predicted octanol–water partition coefficient (Wildman–Crippen LogP) is 4.10. The fourth-order valence-corrected chi connectivity index (χ4v) is 4.04. The molecule has 0 unspecified atom stereocenters. The second-order valence-electron chi connectivity index (χ2n) is 7.60. The molecule has 2 heterocycles. The van der Waals surface area contributed by atoms with E-state index in [2.05, 4.69) is 33.7 Å². The van der Waals surface area contributed by atoms with Crippen LogP contribution in [0.4, 0.5) is 5.69 Å². The van der Waals surface area contributed by atoms with E-state index in [1.54, 1.807) is 31.4 Å². The summed E-state index contributed by atoms with van der Waals surface area (Å²) in [5.74, 6) is -0.674. The van der Waals surface area contributed by atoms with Gasteiger partial charge in [0, 0.05) is 30.3 Å². The number of nitrogens with one attached hydrogen (secondary N) is 2. The Morgan fingerprint density at radius 2 is 1.87 bits per heavy atom. The zero-order valence-corrected chi connectivity index (χ0v) is 18.0. The maximum Gasteiger partial charge on any atom is 0.313 e. The molecule has 2 N–H and O–H groups in total. The van der Waals surface area contributed by atoms with E-state index in [1.165, 1.54) is 11.1 Å². The van der Waals surface area contributed by atoms with Crippen LogP contribution in [-0.4, -0.2) is 29.8 Å². The largest absolute Gasteiger partial charge is 0.468 e. The lowest BCUT2D eigenvalue weighted by Gasteiger charge is -2.34. The van der Waals surface area contributed by atoms with Crippen molar-refractivity contribution in [2.24, 2.45) is 0 Å². The lowest BCUT2D eigenvalue weighted by molar-refractivity contribution is -0.136. The van der Waals surface area contributed by atoms with Gasteiger partial charge in [0.05, 0.1) is 12.3 Å². The van der Waals surface area contributed by atoms with Gasteiger partial charge in [-0.3, -0.25) is 14.5 Å². The molecular formula is C24H24ClN3O3. The number of fused-ring (bicyclic) bond motifs is 1. The Balaban J connectivity index is 1.43. The first-order valence-electron chi connectivity index (χ1n) is 10.2. The average Bonchev–Trinajstić information content (AvgIpc) is 3.31. The second-order valence-corrected chi connectivity index (χ2v) is 8.00. The topological polar surface area (TPSA) is 74.6 Å². The molecule has 1 atom stereocenters. The summed E-state index contributed by atoms with van der Waals surface area (Å²) >= 11 is 6.09. The van der Waals surface area contributed by atoms with Gasteiger partial charge in [-0.25, -0.2) is 0 Å². The van der Waals surface area contributed by atoms with E-state index in [1.807, 2.05) is 18.2 Å². The van der Waals surface area contributed by atoms with Crippen LogP contribution in [0.5, 0.6) is 0 Å². The first-order valence-corrected chi connectivity index (χ1v) is 10.6. The Hall–Kier alpha value is -3.09. The van der Waals surface area contributed by atoms with E-state index < -0.39 is 11.8 Å². The van der Waals surface area contributed by atoms with Gasteiger partial charge in [0.15, 0.2) is 0 Å². The molecule has 6 nitrogen and oxygen atoms in total. The van der Waals surface area contributed by atoms with Crippen molar-refractivity contribution in [3.63, 3.8) is 0 Å². The van der Waals surface area contributed by atoms with Crippen LogP contribution in [0.25, 0.3) is 0 Å². The highest BCUT2D eigenvalue weighted by Gasteiger charge is 2.28. The van der Waals surface area contributed by atoms with Crippen LogP contribution in [0.3, 0.4) is 0 Å². The number of rotatable bonds is 5. The first-order chi connectivity index (χ1) is 15.0. The first kappa shape index (κ1) is 21.2. The Morgan fingerprint density at radius 1 is 1.06 bits per heavy atom. The van der Waals surface area contributed by atoms with Crippen LogP contribution in [-0.2, 0) is 22.6 Å². The summed E-state index contributed by atoms with van der Waals surface area (Å²) in [7, 11) is 0. The third-order valence-electron chi connectivity index (χ3n) is 5.65. The molecule has 0 saturated heterocycles. The normalized spacial score (nSPS) is 14.5. The highest BCUT2D eigenvalue weighted by atomic mass is 35.5. The molecule has 1 aliphatic heterocycles. The van der Waals surface area contributed by atoms with Crippen LogP contribution in [0.1, 0.15) is 28.5 Å². The molecule has 0 saturated carbocycles. The number of carbonyl (C=O) groups is 2. The van der Waals surface area contributed by atoms with Crippen LogP contribution in [0.15, 0.2) is 65.3 Å². The third-order valence-corrected chi connectivity index (χ3v) is 6.06. The van der Waals surface area contributed by atoms with Gasteiger partial charge in [-0.15, -0.1) is 0 Å². The van der Waals surface area contributed by atoms with E-state index in [-0.39, 0.29) is 12.6 Å². The van der Waals surface area contributed by atoms with E-state index >= 15 is 0 Å². The summed E-state index contributed by atoms with van der Waals surface area (Å²) in [6.07, 6.45) is 2.55. The van der Waals surface area contributed by atoms with Gasteiger partial charge in [-0.1, -0.05) is 41.9 Å². The van der Waals surface area contributed by atoms with E-state index in [0.29, 0.717) is 16.3 Å². The highest BCUT2D eigenvalue weighted by Crippen LogP contribution is 2.28. The van der Waals surface area contributed by atoms with Crippen LogP contribution < -0.4 is 10.6 Å². The van der Waals surface area contributed by atoms with Crippen molar-refractivity contribution in [2.45, 2.75) is 25.9 Å². The number of benzene rings is 2. The number of amides is 2. The maximum absolute atomic E-state index is 12.5. The molecule has 3 aromatic rings. The van der Waals surface area contributed by atoms with Crippen molar-refractivity contribution in [2.75, 3.05) is 18.4 Å². The average molecular weight is 438 g/mol. The third kappa shape index (κ3) is 4.81. The van der Waals surface area contributed by atoms with E-state index in [9.17, 15) is 9.59 Å². The molecule has 31 heavy (non-hydrogen) atoms. The number of halogens is 1. The number of furan rings is 1. The van der Waals surface area contributed by atoms with Gasteiger partial charge in [-0.05, 0) is 54.3 Å². The fraction of sp³-hybridized carbons (Fsp3) is 0.250. The number of nitrogens with zero attached hydrogens (tertiary/aromatic N) is 1. The molecule has 1 aliphatic rings. The summed E-state index contributed by atoms with van der Waals surface area (Å²) < 4.78 is 5.65. The summed E-state index contributed by atoms with van der Waals surface area (Å²) in [6, 6.07) is 17.1. The van der Waals surface area contributed by atoms with Crippen LogP contribution in [0.2, 0.25) is 5.02 Å². The predicted molar refractivity (Wildman–Crippen MR) is 120 cm³/mol. The molecule has 0 bridgehead atoms. The quantitative estimate of drug-likeness (QED) is 0.589. The van der Waals surface area contributed by atoms with Crippen molar-refractivity contribution < 1.29 is 14.0 Å². The van der Waals surface area contributed by atoms with Crippen LogP contribution >= 0.6 is 11.6 Å². The van der Waals surface area contributed by atoms with Crippen molar-refractivity contribution in [3.8, 4) is 0 Å². The molecule has 0 radical (unpaired) electrons. The van der Waals surface area contributed by atoms with E-state index in [0.717, 1.165) is 25.3 Å². The Kier molecular flexibility index (Phi) is 6.39. The standard InChI is InChI=1S/C24H24ClN3O3/c1-16-19(25)8-4-9-20(16)27-24(30)23(29)26-14-21(22-10-5-13-31-22)28-12-11-17-6-2-3-7-18(17)15-28/h2-10,13,21H,11-12,14-15H2,1H3,(H,26,29)(H,27,30)/t21-/m0/s1. The Morgan fingerprint density at radius 3 is 2.65 bits per heavy atom. The maximum atomic E-state index is 12.5. The number of hydrogen-bond acceptors (Lipinski definition) is 4. The minimum Gasteiger partial charge on any atom is -0.468 e. The summed E-state index contributed by atoms with van der Waals surface area (Å²) in [4.78, 5) is 27.2. The minimum absolute atomic E-state index is 0.173. The van der Waals surface area contributed by atoms with Crippen LogP contribution in [0, 0.1) is 6.92 Å². The molecule has 2 aromatic carbocycles. The number of carbonyl (C=O) groups excluding carboxylic acids is 2. The van der Waals surface area contributed by atoms with Gasteiger partial charge in [-0.2, -0.15) is 0 Å². The second kappa shape index (κ2) is 9.37. The number of anilines is 1. The number of hydrogen-bond donors (Lipinski definition) is 2. The lowest BCUT2D eigenvalue weighted by atomic mass is 9.98. The molecule has 4 rings (SSSR count). The van der Waals surface area contributed by atoms with Crippen molar-refractivity contribution in [1.29, 1.82) is 0 Å². The zero-order chi connectivity index (χ0) is 21.8. The Labute approximate surface area is 186 Å². The highest BCUT2D eigenvalue weighted by molar-refractivity contribution is 6.40.